The average molecular weight is 728 g/mol. The van der Waals surface area contributed by atoms with Crippen LogP contribution < -0.4 is 0 Å². The molecule has 4 heteroatoms. The SMILES string of the molecule is CC(C)c1cc(C(C)C)c2cc(-c3ccccc3)[cH-]c2c1.CC(C)c1cc(C(C)C)c2cc(-c3ccccc3)[cH-]c2c1.C[Si]C.[Cl][Ti][Cl]. The van der Waals surface area contributed by atoms with E-state index in [9.17, 15) is 0 Å². The zero-order valence-corrected chi connectivity index (χ0v) is 34.5. The summed E-state index contributed by atoms with van der Waals surface area (Å²) in [6.07, 6.45) is 0. The van der Waals surface area contributed by atoms with E-state index in [1.165, 1.54) is 66.1 Å². The zero-order chi connectivity index (χ0) is 35.4. The van der Waals surface area contributed by atoms with E-state index in [0.29, 0.717) is 23.7 Å². The minimum absolute atomic E-state index is 0.553. The topological polar surface area (TPSA) is 0 Å². The molecule has 0 amide bonds. The van der Waals surface area contributed by atoms with Gasteiger partial charge in [-0.05, 0) is 23.7 Å². The van der Waals surface area contributed by atoms with Crippen LogP contribution in [0.2, 0.25) is 13.1 Å². The van der Waals surface area contributed by atoms with E-state index in [0.717, 1.165) is 9.52 Å². The Bertz CT molecular complexity index is 1680. The summed E-state index contributed by atoms with van der Waals surface area (Å²) in [7, 11) is 10.9. The van der Waals surface area contributed by atoms with Gasteiger partial charge in [0.15, 0.2) is 0 Å². The van der Waals surface area contributed by atoms with E-state index >= 15 is 0 Å². The van der Waals surface area contributed by atoms with Crippen LogP contribution in [0.5, 0.6) is 0 Å². The second-order valence-electron chi connectivity index (χ2n) is 13.6. The Morgan fingerprint density at radius 3 is 1.08 bits per heavy atom. The average Bonchev–Trinajstić information content (AvgIpc) is 3.70. The Balaban J connectivity index is 0.000000224. The van der Waals surface area contributed by atoms with Crippen LogP contribution in [0.25, 0.3) is 43.8 Å². The summed E-state index contributed by atoms with van der Waals surface area (Å²) in [5.74, 6) is 2.25. The molecule has 0 spiro atoms. The third-order valence-electron chi connectivity index (χ3n) is 8.55. The van der Waals surface area contributed by atoms with Crippen molar-refractivity contribution in [2.45, 2.75) is 92.2 Å². The standard InChI is InChI=1S/2C21H23.C2H6Si.2ClH.Ti/c2*1-14(2)17-10-19-11-18(16-8-6-5-7-9-16)13-21(19)20(12-17)15(3)4;1-3-2;;;/h2*5-15H,1-4H3;1-2H3;2*1H;/q2*-1;;;;+2/p-2. The summed E-state index contributed by atoms with van der Waals surface area (Å²) >= 11 is -0.556. The molecule has 0 aliphatic rings. The first-order valence-corrected chi connectivity index (χ1v) is 23.4. The predicted octanol–water partition coefficient (Wildman–Crippen LogP) is 15.1. The molecule has 0 atom stereocenters. The molecule has 0 bridgehead atoms. The molecule has 0 aliphatic carbocycles. The zero-order valence-electron chi connectivity index (χ0n) is 30.5. The number of halogens is 2. The molecule has 252 valence electrons. The van der Waals surface area contributed by atoms with Crippen molar-refractivity contribution in [2.75, 3.05) is 0 Å². The molecule has 48 heavy (non-hydrogen) atoms. The van der Waals surface area contributed by atoms with E-state index < -0.39 is 17.0 Å². The summed E-state index contributed by atoms with van der Waals surface area (Å²) < 4.78 is 0. The first-order valence-electron chi connectivity index (χ1n) is 17.1. The third kappa shape index (κ3) is 10.8. The van der Waals surface area contributed by atoms with Gasteiger partial charge in [0.05, 0.1) is 0 Å². The summed E-state index contributed by atoms with van der Waals surface area (Å²) in [5, 5.41) is 5.58. The second kappa shape index (κ2) is 19.7. The number of fused-ring (bicyclic) bond motifs is 2. The molecule has 0 saturated carbocycles. The van der Waals surface area contributed by atoms with Gasteiger partial charge in [-0.25, -0.2) is 0 Å². The van der Waals surface area contributed by atoms with Crippen LogP contribution >= 0.6 is 18.6 Å². The van der Waals surface area contributed by atoms with Gasteiger partial charge in [-0.15, -0.1) is 69.1 Å². The second-order valence-corrected chi connectivity index (χ2v) is 17.2. The third-order valence-corrected chi connectivity index (χ3v) is 8.55. The van der Waals surface area contributed by atoms with Crippen molar-refractivity contribution in [3.8, 4) is 22.3 Å². The predicted molar refractivity (Wildman–Crippen MR) is 215 cm³/mol. The fourth-order valence-electron chi connectivity index (χ4n) is 5.96. The minimum atomic E-state index is -0.556. The van der Waals surface area contributed by atoms with Crippen molar-refractivity contribution >= 4 is 49.7 Å². The molecule has 6 aromatic rings. The van der Waals surface area contributed by atoms with E-state index in [2.05, 4.69) is 178 Å². The molecular formula is C44H52Cl2SiTi-2. The van der Waals surface area contributed by atoms with Gasteiger partial charge in [-0.2, -0.15) is 0 Å². The van der Waals surface area contributed by atoms with Crippen LogP contribution in [0, 0.1) is 0 Å². The molecule has 2 radical (unpaired) electrons. The summed E-state index contributed by atoms with van der Waals surface area (Å²) in [5.41, 5.74) is 11.1. The summed E-state index contributed by atoms with van der Waals surface area (Å²) in [4.78, 5) is 0. The van der Waals surface area contributed by atoms with Gasteiger partial charge in [0.2, 0.25) is 0 Å². The van der Waals surface area contributed by atoms with Gasteiger partial charge in [-0.1, -0.05) is 175 Å². The van der Waals surface area contributed by atoms with E-state index in [4.69, 9.17) is 18.6 Å². The number of rotatable bonds is 6. The van der Waals surface area contributed by atoms with E-state index in [-0.39, 0.29) is 0 Å². The van der Waals surface area contributed by atoms with Gasteiger partial charge in [0, 0.05) is 9.52 Å². The summed E-state index contributed by atoms with van der Waals surface area (Å²) in [6.45, 7) is 22.5. The summed E-state index contributed by atoms with van der Waals surface area (Å²) in [6, 6.07) is 40.2. The van der Waals surface area contributed by atoms with Gasteiger partial charge < -0.3 is 0 Å². The van der Waals surface area contributed by atoms with Crippen LogP contribution in [-0.2, 0) is 17.0 Å². The number of hydrogen-bond acceptors (Lipinski definition) is 0. The molecule has 0 fully saturated rings. The molecular weight excluding hydrogens is 675 g/mol. The first kappa shape index (κ1) is 40.0. The van der Waals surface area contributed by atoms with Gasteiger partial charge in [0.1, 0.15) is 0 Å². The van der Waals surface area contributed by atoms with Crippen LogP contribution in [0.4, 0.5) is 0 Å². The molecule has 0 N–H and O–H groups in total. The van der Waals surface area contributed by atoms with Crippen molar-refractivity contribution in [1.29, 1.82) is 0 Å². The molecule has 0 nitrogen and oxygen atoms in total. The van der Waals surface area contributed by atoms with Gasteiger partial charge in [0.25, 0.3) is 0 Å². The van der Waals surface area contributed by atoms with Crippen molar-refractivity contribution in [2.24, 2.45) is 0 Å². The van der Waals surface area contributed by atoms with E-state index in [1.54, 1.807) is 0 Å². The molecule has 0 heterocycles. The molecule has 0 aliphatic heterocycles. The first-order chi connectivity index (χ1) is 22.9. The van der Waals surface area contributed by atoms with Crippen LogP contribution in [0.1, 0.15) is 101 Å². The fourth-order valence-corrected chi connectivity index (χ4v) is 5.96. The van der Waals surface area contributed by atoms with E-state index in [1.807, 2.05) is 0 Å². The maximum absolute atomic E-state index is 4.89. The number of hydrogen-bond donors (Lipinski definition) is 0. The molecule has 6 rings (SSSR count). The maximum atomic E-state index is 4.89. The van der Waals surface area contributed by atoms with Gasteiger partial charge in [-0.3, -0.25) is 0 Å². The molecule has 0 saturated heterocycles. The van der Waals surface area contributed by atoms with Crippen LogP contribution in [0.3, 0.4) is 0 Å². The Morgan fingerprint density at radius 2 is 0.812 bits per heavy atom. The fraction of sp³-hybridized carbons (Fsp3) is 0.318. The Hall–Kier alpha value is -2.39. The normalized spacial score (nSPS) is 10.9. The van der Waals surface area contributed by atoms with Crippen molar-refractivity contribution in [3.63, 3.8) is 0 Å². The Labute approximate surface area is 310 Å². The Morgan fingerprint density at radius 1 is 0.500 bits per heavy atom. The monoisotopic (exact) mass is 726 g/mol. The van der Waals surface area contributed by atoms with Crippen LogP contribution in [-0.4, -0.2) is 9.52 Å². The Kier molecular flexibility index (Phi) is 16.4. The molecule has 0 aromatic heterocycles. The quantitative estimate of drug-likeness (QED) is 0.118. The molecule has 0 unspecified atom stereocenters. The van der Waals surface area contributed by atoms with Crippen LogP contribution in [0.15, 0.2) is 109 Å². The molecule has 6 aromatic carbocycles. The van der Waals surface area contributed by atoms with Crippen molar-refractivity contribution < 1.29 is 17.0 Å². The van der Waals surface area contributed by atoms with Crippen molar-refractivity contribution in [1.82, 2.24) is 0 Å². The van der Waals surface area contributed by atoms with Crippen molar-refractivity contribution in [3.05, 3.63) is 131 Å². The van der Waals surface area contributed by atoms with Gasteiger partial charge >= 0.3 is 35.6 Å². The number of benzene rings is 4.